The number of aliphatic carboxylic acids is 1. The van der Waals surface area contributed by atoms with Crippen LogP contribution in [-0.2, 0) is 61.7 Å². The van der Waals surface area contributed by atoms with Crippen molar-refractivity contribution in [3.05, 3.63) is 35.0 Å². The van der Waals surface area contributed by atoms with Crippen LogP contribution in [0.1, 0.15) is 147 Å². The number of carboxylic acids is 1. The molecule has 0 radical (unpaired) electrons. The van der Waals surface area contributed by atoms with Crippen molar-refractivity contribution in [2.45, 2.75) is 190 Å². The van der Waals surface area contributed by atoms with Crippen LogP contribution in [-0.4, -0.2) is 174 Å². The Kier molecular flexibility index (Phi) is 19.6. The minimum absolute atomic E-state index is 0.00134. The highest BCUT2D eigenvalue weighted by Crippen LogP contribution is 2.31. The maximum Gasteiger partial charge on any atom is 0.320 e. The van der Waals surface area contributed by atoms with Gasteiger partial charge in [0.05, 0.1) is 49.5 Å². The van der Waals surface area contributed by atoms with E-state index in [1.54, 1.807) is 0 Å². The third-order valence-corrected chi connectivity index (χ3v) is 15.3. The molecule has 68 heavy (non-hydrogen) atoms. The second kappa shape index (κ2) is 25.3. The largest absolute Gasteiger partial charge is 0.480 e. The topological polar surface area (TPSA) is 200 Å². The van der Waals surface area contributed by atoms with Gasteiger partial charge < -0.3 is 42.9 Å². The number of hydrogen-bond acceptors (Lipinski definition) is 16. The number of hydrogen-bond donors (Lipinski definition) is 2. The molecular weight excluding hydrogens is 875 g/mol. The van der Waals surface area contributed by atoms with Gasteiger partial charge in [-0.25, -0.2) is 0 Å². The molecular formula is C51H81N5O12. The number of Topliss-reactive ketones (excluding diaryl/α,β-unsaturated/α-hetero) is 2. The fourth-order valence-electron chi connectivity index (χ4n) is 11.0. The number of ether oxygens (including phenoxy) is 5. The molecule has 17 heteroatoms. The van der Waals surface area contributed by atoms with Gasteiger partial charge in [0.2, 0.25) is 0 Å². The lowest BCUT2D eigenvalue weighted by atomic mass is 9.90. The molecule has 2 N–H and O–H groups in total. The van der Waals surface area contributed by atoms with Crippen LogP contribution in [0.2, 0.25) is 0 Å². The maximum atomic E-state index is 13.1. The van der Waals surface area contributed by atoms with E-state index in [1.165, 1.54) is 0 Å². The van der Waals surface area contributed by atoms with E-state index < -0.39 is 11.4 Å². The van der Waals surface area contributed by atoms with E-state index in [4.69, 9.17) is 37.8 Å². The van der Waals surface area contributed by atoms with Gasteiger partial charge in [-0.05, 0) is 116 Å². The van der Waals surface area contributed by atoms with Gasteiger partial charge in [-0.2, -0.15) is 0 Å². The quantitative estimate of drug-likeness (QED) is 0.209. The predicted molar refractivity (Wildman–Crippen MR) is 251 cm³/mol. The van der Waals surface area contributed by atoms with Gasteiger partial charge in [-0.1, -0.05) is 38.0 Å². The van der Waals surface area contributed by atoms with E-state index in [0.29, 0.717) is 48.4 Å². The fourth-order valence-corrected chi connectivity index (χ4v) is 11.0. The smallest absolute Gasteiger partial charge is 0.320 e. The van der Waals surface area contributed by atoms with E-state index in [2.05, 4.69) is 38.9 Å². The van der Waals surface area contributed by atoms with Gasteiger partial charge in [-0.3, -0.25) is 29.1 Å². The Balaban J connectivity index is 0.000000161. The monoisotopic (exact) mass is 956 g/mol. The first-order valence-electron chi connectivity index (χ1n) is 25.9. The number of aromatic nitrogens is 2. The number of aliphatic hydroxyl groups is 1. The third-order valence-electron chi connectivity index (χ3n) is 15.3. The van der Waals surface area contributed by atoms with Crippen molar-refractivity contribution in [1.82, 2.24) is 25.0 Å². The fraction of sp³-hybridized carbons (Fsp3) is 0.824. The molecule has 17 nitrogen and oxygen atoms in total. The summed E-state index contributed by atoms with van der Waals surface area (Å²) in [4.78, 5) is 43.8. The summed E-state index contributed by atoms with van der Waals surface area (Å²) in [6.07, 6.45) is 15.6. The van der Waals surface area contributed by atoms with Gasteiger partial charge in [0.15, 0.2) is 17.9 Å². The molecule has 7 aliphatic rings. The summed E-state index contributed by atoms with van der Waals surface area (Å²) in [6.45, 7) is 17.0. The first kappa shape index (κ1) is 52.7. The molecule has 7 fully saturated rings. The summed E-state index contributed by atoms with van der Waals surface area (Å²) in [7, 11) is 0. The van der Waals surface area contributed by atoms with Crippen molar-refractivity contribution in [2.24, 2.45) is 0 Å². The molecule has 1 unspecified atom stereocenters. The van der Waals surface area contributed by atoms with E-state index in [-0.39, 0.29) is 54.4 Å². The molecule has 0 amide bonds. The van der Waals surface area contributed by atoms with Crippen molar-refractivity contribution in [3.63, 3.8) is 0 Å². The molecule has 7 saturated heterocycles. The number of rotatable bonds is 16. The van der Waals surface area contributed by atoms with E-state index >= 15 is 0 Å². The molecule has 0 aliphatic carbocycles. The van der Waals surface area contributed by atoms with Crippen LogP contribution < -0.4 is 0 Å². The lowest BCUT2D eigenvalue weighted by Crippen LogP contribution is -2.46. The second-order valence-corrected chi connectivity index (χ2v) is 21.2. The molecule has 2 aromatic heterocycles. The molecule has 2 aromatic rings. The van der Waals surface area contributed by atoms with Crippen LogP contribution in [0, 0.1) is 0 Å². The van der Waals surface area contributed by atoms with E-state index in [1.807, 2.05) is 26.0 Å². The van der Waals surface area contributed by atoms with Gasteiger partial charge >= 0.3 is 5.97 Å². The Morgan fingerprint density at radius 3 is 1.43 bits per heavy atom. The summed E-state index contributed by atoms with van der Waals surface area (Å²) in [6, 6.07) is 4.87. The Morgan fingerprint density at radius 2 is 1.01 bits per heavy atom. The summed E-state index contributed by atoms with van der Waals surface area (Å²) < 4.78 is 38.7. The molecule has 0 spiro atoms. The molecule has 7 aliphatic heterocycles. The highest BCUT2D eigenvalue weighted by molar-refractivity contribution is 5.86. The number of ketones is 2. The van der Waals surface area contributed by atoms with Gasteiger partial charge in [0, 0.05) is 87.3 Å². The van der Waals surface area contributed by atoms with Crippen LogP contribution in [0.3, 0.4) is 0 Å². The number of aliphatic hydroxyl groups excluding tert-OH is 1. The third kappa shape index (κ3) is 14.3. The molecule has 0 aromatic carbocycles. The summed E-state index contributed by atoms with van der Waals surface area (Å²) in [5.74, 6) is 1.04. The number of likely N-dealkylation sites (tertiary alicyclic amines) is 3. The zero-order chi connectivity index (χ0) is 48.1. The zero-order valence-electron chi connectivity index (χ0n) is 41.4. The molecule has 9 rings (SSSR count). The Hall–Kier alpha value is -3.13. The van der Waals surface area contributed by atoms with E-state index in [9.17, 15) is 19.5 Å². The molecule has 4 atom stereocenters. The zero-order valence-corrected chi connectivity index (χ0v) is 41.4. The number of nitrogens with zero attached hydrogens (tertiary/aromatic N) is 5. The first-order chi connectivity index (χ1) is 32.8. The van der Waals surface area contributed by atoms with Crippen molar-refractivity contribution < 1.29 is 57.3 Å². The molecule has 0 bridgehead atoms. The predicted octanol–water partition coefficient (Wildman–Crippen LogP) is 5.66. The van der Waals surface area contributed by atoms with Gasteiger partial charge in [-0.15, -0.1) is 0 Å². The van der Waals surface area contributed by atoms with Crippen LogP contribution in [0.15, 0.2) is 21.2 Å². The minimum Gasteiger partial charge on any atom is -0.480 e. The Labute approximate surface area is 403 Å². The lowest BCUT2D eigenvalue weighted by Gasteiger charge is -2.34. The van der Waals surface area contributed by atoms with Crippen molar-refractivity contribution in [2.75, 3.05) is 79.1 Å². The van der Waals surface area contributed by atoms with Crippen LogP contribution in [0.25, 0.3) is 0 Å². The highest BCUT2D eigenvalue weighted by Gasteiger charge is 2.39. The molecule has 0 saturated carbocycles. The maximum absolute atomic E-state index is 13.1. The standard InChI is InChI=1S/C23H36N2O5.C18H28N2O4.C10H17NO3/c1-23(2,16-29-22-7-3-4-11-28-22)21-15-18(30-24-21)14-20(26)19-6-5-10-25(19)17-8-12-27-13-9-17;1-18(2,12-21)17-11-14(24-19-17)10-16(22)15-4-3-7-20(15)13-5-8-23-9-6-13;12-10(13)9-2-1-5-11(9)8-3-6-14-7-4-8/h15,17,19,22H,3-14,16H2,1-2H3;11,13,15,21H,3-10,12H2,1-2H3;8-9H,1-7H2,(H,12,13)/t19-,22?;15-;9-/m000/s1. The minimum atomic E-state index is -0.658. The lowest BCUT2D eigenvalue weighted by molar-refractivity contribution is -0.170. The summed E-state index contributed by atoms with van der Waals surface area (Å²) in [5.41, 5.74) is 0.772. The molecule has 9 heterocycles. The number of carbonyl (C=O) groups is 3. The van der Waals surface area contributed by atoms with Crippen LogP contribution in [0.4, 0.5) is 0 Å². The summed E-state index contributed by atoms with van der Waals surface area (Å²) >= 11 is 0. The summed E-state index contributed by atoms with van der Waals surface area (Å²) in [5, 5.41) is 26.8. The van der Waals surface area contributed by atoms with Crippen molar-refractivity contribution >= 4 is 17.5 Å². The van der Waals surface area contributed by atoms with Crippen molar-refractivity contribution in [3.8, 4) is 0 Å². The van der Waals surface area contributed by atoms with Gasteiger partial charge in [0.25, 0.3) is 0 Å². The van der Waals surface area contributed by atoms with Crippen LogP contribution >= 0.6 is 0 Å². The average Bonchev–Trinajstić information content (AvgIpc) is 4.23. The average molecular weight is 956 g/mol. The normalized spacial score (nSPS) is 26.5. The second-order valence-electron chi connectivity index (χ2n) is 21.2. The van der Waals surface area contributed by atoms with E-state index in [0.717, 1.165) is 168 Å². The molecule has 382 valence electrons. The number of carbonyl (C=O) groups excluding carboxylic acids is 2. The first-order valence-corrected chi connectivity index (χ1v) is 25.9. The Morgan fingerprint density at radius 1 is 0.588 bits per heavy atom. The van der Waals surface area contributed by atoms with Crippen molar-refractivity contribution in [1.29, 1.82) is 0 Å². The number of carboxylic acid groups (broad SMARTS) is 1. The SMILES string of the molecule is CC(C)(CO)c1cc(CC(=O)[C@@H]2CCCN2C2CCOCC2)on1.CC(C)(COC1CCCCO1)c1cc(CC(=O)[C@@H]2CCCN2C2CCOCC2)on1.O=C(O)[C@@H]1CCCN1C1CCOCC1. The Bertz CT molecular complexity index is 1860. The van der Waals surface area contributed by atoms with Crippen LogP contribution in [0.5, 0.6) is 0 Å². The highest BCUT2D eigenvalue weighted by atomic mass is 16.7. The van der Waals surface area contributed by atoms with Gasteiger partial charge in [0.1, 0.15) is 17.6 Å².